The quantitative estimate of drug-likeness (QED) is 0.930. The summed E-state index contributed by atoms with van der Waals surface area (Å²) in [7, 11) is -3.52. The highest BCUT2D eigenvalue weighted by atomic mass is 32.2. The van der Waals surface area contributed by atoms with Gasteiger partial charge in [-0.05, 0) is 42.7 Å². The Labute approximate surface area is 114 Å². The van der Waals surface area contributed by atoms with Gasteiger partial charge in [0.15, 0.2) is 0 Å². The first-order chi connectivity index (χ1) is 9.03. The van der Waals surface area contributed by atoms with Gasteiger partial charge >= 0.3 is 0 Å². The van der Waals surface area contributed by atoms with Crippen LogP contribution in [0.4, 0.5) is 5.69 Å². The minimum atomic E-state index is -3.52. The molecule has 100 valence electrons. The average molecular weight is 275 g/mol. The fraction of sp³-hybridized carbons (Fsp3) is 0.200. The van der Waals surface area contributed by atoms with Crippen molar-refractivity contribution in [1.29, 1.82) is 0 Å². The summed E-state index contributed by atoms with van der Waals surface area (Å²) in [5, 5.41) is 0. The van der Waals surface area contributed by atoms with Gasteiger partial charge in [-0.25, -0.2) is 8.42 Å². The predicted octanol–water partition coefficient (Wildman–Crippen LogP) is 3.36. The summed E-state index contributed by atoms with van der Waals surface area (Å²) in [6, 6.07) is 14.4. The normalized spacial score (nSPS) is 11.3. The van der Waals surface area contributed by atoms with Gasteiger partial charge in [0.05, 0.1) is 4.90 Å². The van der Waals surface area contributed by atoms with Gasteiger partial charge in [0, 0.05) is 5.69 Å². The van der Waals surface area contributed by atoms with Crippen molar-refractivity contribution in [1.82, 2.24) is 0 Å². The van der Waals surface area contributed by atoms with Crippen LogP contribution in [0.2, 0.25) is 0 Å². The fourth-order valence-electron chi connectivity index (χ4n) is 1.92. The molecule has 0 heterocycles. The van der Waals surface area contributed by atoms with E-state index in [1.54, 1.807) is 31.2 Å². The van der Waals surface area contributed by atoms with E-state index >= 15 is 0 Å². The molecular formula is C15H17NO2S. The van der Waals surface area contributed by atoms with Crippen LogP contribution in [-0.2, 0) is 16.4 Å². The molecule has 19 heavy (non-hydrogen) atoms. The van der Waals surface area contributed by atoms with Crippen LogP contribution in [0.5, 0.6) is 0 Å². The van der Waals surface area contributed by atoms with Gasteiger partial charge in [0.1, 0.15) is 0 Å². The number of aryl methyl sites for hydroxylation is 2. The molecule has 2 aromatic rings. The van der Waals surface area contributed by atoms with Crippen LogP contribution >= 0.6 is 0 Å². The standard InChI is InChI=1S/C15H17NO2S/c1-3-13-8-6-9-14(11-13)16-19(17,18)15-10-5-4-7-12(15)2/h4-11,16H,3H2,1-2H3. The lowest BCUT2D eigenvalue weighted by Crippen LogP contribution is -2.14. The first-order valence-corrected chi connectivity index (χ1v) is 7.68. The molecule has 2 aromatic carbocycles. The molecule has 0 bridgehead atoms. The van der Waals surface area contributed by atoms with Crippen molar-refractivity contribution in [2.75, 3.05) is 4.72 Å². The summed E-state index contributed by atoms with van der Waals surface area (Å²) in [5.74, 6) is 0. The second-order valence-electron chi connectivity index (χ2n) is 4.42. The number of rotatable bonds is 4. The molecule has 0 aromatic heterocycles. The van der Waals surface area contributed by atoms with Crippen LogP contribution < -0.4 is 4.72 Å². The molecule has 0 saturated carbocycles. The Morgan fingerprint density at radius 1 is 1.05 bits per heavy atom. The summed E-state index contributed by atoms with van der Waals surface area (Å²) < 4.78 is 27.2. The lowest BCUT2D eigenvalue weighted by Gasteiger charge is -2.10. The van der Waals surface area contributed by atoms with E-state index in [2.05, 4.69) is 4.72 Å². The largest absolute Gasteiger partial charge is 0.280 e. The molecule has 0 unspecified atom stereocenters. The molecule has 4 heteroatoms. The zero-order valence-corrected chi connectivity index (χ0v) is 11.9. The van der Waals surface area contributed by atoms with Crippen LogP contribution in [0.15, 0.2) is 53.4 Å². The molecule has 0 saturated heterocycles. The third-order valence-corrected chi connectivity index (χ3v) is 4.51. The second-order valence-corrected chi connectivity index (χ2v) is 6.08. The van der Waals surface area contributed by atoms with Gasteiger partial charge in [-0.15, -0.1) is 0 Å². The monoisotopic (exact) mass is 275 g/mol. The van der Waals surface area contributed by atoms with E-state index in [1.165, 1.54) is 0 Å². The number of nitrogens with one attached hydrogen (secondary N) is 1. The average Bonchev–Trinajstić information content (AvgIpc) is 2.38. The Morgan fingerprint density at radius 3 is 2.47 bits per heavy atom. The zero-order valence-electron chi connectivity index (χ0n) is 11.1. The van der Waals surface area contributed by atoms with Gasteiger partial charge in [-0.1, -0.05) is 37.3 Å². The lowest BCUT2D eigenvalue weighted by atomic mass is 10.1. The highest BCUT2D eigenvalue weighted by molar-refractivity contribution is 7.92. The van der Waals surface area contributed by atoms with Crippen molar-refractivity contribution < 1.29 is 8.42 Å². The Hall–Kier alpha value is -1.81. The second kappa shape index (κ2) is 5.45. The van der Waals surface area contributed by atoms with Crippen LogP contribution in [-0.4, -0.2) is 8.42 Å². The molecule has 0 amide bonds. The molecule has 0 spiro atoms. The molecule has 2 rings (SSSR count). The van der Waals surface area contributed by atoms with E-state index in [0.29, 0.717) is 10.6 Å². The fourth-order valence-corrected chi connectivity index (χ4v) is 3.22. The lowest BCUT2D eigenvalue weighted by molar-refractivity contribution is 0.600. The van der Waals surface area contributed by atoms with Crippen LogP contribution in [0, 0.1) is 6.92 Å². The van der Waals surface area contributed by atoms with E-state index in [1.807, 2.05) is 31.2 Å². The van der Waals surface area contributed by atoms with Crippen molar-refractivity contribution in [3.05, 3.63) is 59.7 Å². The van der Waals surface area contributed by atoms with Gasteiger partial charge < -0.3 is 0 Å². The molecule has 0 aliphatic rings. The number of hydrogen-bond donors (Lipinski definition) is 1. The maximum Gasteiger partial charge on any atom is 0.262 e. The molecule has 3 nitrogen and oxygen atoms in total. The van der Waals surface area contributed by atoms with Crippen molar-refractivity contribution in [2.45, 2.75) is 25.2 Å². The summed E-state index contributed by atoms with van der Waals surface area (Å²) >= 11 is 0. The van der Waals surface area contributed by atoms with Crippen molar-refractivity contribution in [2.24, 2.45) is 0 Å². The molecule has 0 atom stereocenters. The van der Waals surface area contributed by atoms with Gasteiger partial charge in [-0.2, -0.15) is 0 Å². The van der Waals surface area contributed by atoms with Gasteiger partial charge in [-0.3, -0.25) is 4.72 Å². The zero-order chi connectivity index (χ0) is 13.9. The minimum Gasteiger partial charge on any atom is -0.280 e. The molecule has 0 radical (unpaired) electrons. The number of benzene rings is 2. The SMILES string of the molecule is CCc1cccc(NS(=O)(=O)c2ccccc2C)c1. The predicted molar refractivity (Wildman–Crippen MR) is 77.8 cm³/mol. The van der Waals surface area contributed by atoms with Crippen LogP contribution in [0.25, 0.3) is 0 Å². The van der Waals surface area contributed by atoms with Gasteiger partial charge in [0.25, 0.3) is 10.0 Å². The van der Waals surface area contributed by atoms with Crippen LogP contribution in [0.3, 0.4) is 0 Å². The first kappa shape index (κ1) is 13.6. The first-order valence-electron chi connectivity index (χ1n) is 6.20. The minimum absolute atomic E-state index is 0.317. The molecule has 0 fully saturated rings. The van der Waals surface area contributed by atoms with E-state index in [4.69, 9.17) is 0 Å². The number of anilines is 1. The Bertz CT molecular complexity index is 678. The van der Waals surface area contributed by atoms with E-state index in [9.17, 15) is 8.42 Å². The summed E-state index contributed by atoms with van der Waals surface area (Å²) in [5.41, 5.74) is 2.44. The smallest absolute Gasteiger partial charge is 0.262 e. The maximum absolute atomic E-state index is 12.3. The Morgan fingerprint density at radius 2 is 1.79 bits per heavy atom. The third-order valence-electron chi connectivity index (χ3n) is 2.97. The molecule has 0 aliphatic carbocycles. The Kier molecular flexibility index (Phi) is 3.90. The molecule has 0 aliphatic heterocycles. The highest BCUT2D eigenvalue weighted by Crippen LogP contribution is 2.19. The van der Waals surface area contributed by atoms with Crippen molar-refractivity contribution in [3.8, 4) is 0 Å². The van der Waals surface area contributed by atoms with E-state index in [-0.39, 0.29) is 0 Å². The van der Waals surface area contributed by atoms with Gasteiger partial charge in [0.2, 0.25) is 0 Å². The summed E-state index contributed by atoms with van der Waals surface area (Å²) in [4.78, 5) is 0.317. The number of hydrogen-bond acceptors (Lipinski definition) is 2. The third kappa shape index (κ3) is 3.15. The van der Waals surface area contributed by atoms with Crippen molar-refractivity contribution >= 4 is 15.7 Å². The molecular weight excluding hydrogens is 258 g/mol. The van der Waals surface area contributed by atoms with E-state index < -0.39 is 10.0 Å². The summed E-state index contributed by atoms with van der Waals surface area (Å²) in [6.07, 6.45) is 0.875. The summed E-state index contributed by atoms with van der Waals surface area (Å²) in [6.45, 7) is 3.83. The van der Waals surface area contributed by atoms with Crippen molar-refractivity contribution in [3.63, 3.8) is 0 Å². The topological polar surface area (TPSA) is 46.2 Å². The van der Waals surface area contributed by atoms with Crippen LogP contribution in [0.1, 0.15) is 18.1 Å². The van der Waals surface area contributed by atoms with E-state index in [0.717, 1.165) is 17.5 Å². The maximum atomic E-state index is 12.3. The molecule has 1 N–H and O–H groups in total. The highest BCUT2D eigenvalue weighted by Gasteiger charge is 2.16. The number of sulfonamides is 1. The Balaban J connectivity index is 2.34.